The molecule has 0 atom stereocenters. The van der Waals surface area contributed by atoms with Crippen molar-refractivity contribution in [3.8, 4) is 0 Å². The molecule has 0 bridgehead atoms. The zero-order valence-corrected chi connectivity index (χ0v) is 14.7. The quantitative estimate of drug-likeness (QED) is 0.762. The van der Waals surface area contributed by atoms with E-state index >= 15 is 0 Å². The molecule has 3 aromatic rings. The van der Waals surface area contributed by atoms with Crippen LogP contribution in [-0.2, 0) is 6.54 Å². The highest BCUT2D eigenvalue weighted by Crippen LogP contribution is 2.15. The van der Waals surface area contributed by atoms with E-state index in [2.05, 4.69) is 15.4 Å². The Morgan fingerprint density at radius 3 is 2.56 bits per heavy atom. The first-order valence-corrected chi connectivity index (χ1v) is 8.12. The smallest absolute Gasteiger partial charge is 0.258 e. The standard InChI is InChI=1S/C18H18ClN5O/c1-23(2)16-8-5-14(11-20-16)18(25)22-17-9-10-21-24(17)12-13-3-6-15(19)7-4-13/h3-11H,12H2,1-2H3,(H,22,25). The van der Waals surface area contributed by atoms with Crippen molar-refractivity contribution in [3.63, 3.8) is 0 Å². The average Bonchev–Trinajstić information content (AvgIpc) is 3.03. The van der Waals surface area contributed by atoms with Crippen molar-refractivity contribution in [1.82, 2.24) is 14.8 Å². The van der Waals surface area contributed by atoms with Crippen molar-refractivity contribution >= 4 is 29.1 Å². The number of carbonyl (C=O) groups excluding carboxylic acids is 1. The van der Waals surface area contributed by atoms with Gasteiger partial charge in [0.1, 0.15) is 11.6 Å². The van der Waals surface area contributed by atoms with Gasteiger partial charge in [-0.05, 0) is 29.8 Å². The third-order valence-electron chi connectivity index (χ3n) is 3.67. The van der Waals surface area contributed by atoms with Gasteiger partial charge in [-0.1, -0.05) is 23.7 Å². The molecule has 0 aliphatic carbocycles. The lowest BCUT2D eigenvalue weighted by atomic mass is 10.2. The van der Waals surface area contributed by atoms with Crippen molar-refractivity contribution in [2.24, 2.45) is 0 Å². The summed E-state index contributed by atoms with van der Waals surface area (Å²) in [6.07, 6.45) is 3.21. The van der Waals surface area contributed by atoms with E-state index in [0.29, 0.717) is 22.9 Å². The van der Waals surface area contributed by atoms with E-state index in [0.717, 1.165) is 11.4 Å². The van der Waals surface area contributed by atoms with E-state index in [1.165, 1.54) is 0 Å². The minimum atomic E-state index is -0.226. The number of pyridine rings is 1. The summed E-state index contributed by atoms with van der Waals surface area (Å²) in [6.45, 7) is 0.539. The normalized spacial score (nSPS) is 10.5. The Balaban J connectivity index is 1.72. The molecule has 0 fully saturated rings. The number of halogens is 1. The Bertz CT molecular complexity index is 856. The average molecular weight is 356 g/mol. The molecule has 128 valence electrons. The van der Waals surface area contributed by atoms with Crippen LogP contribution in [0.3, 0.4) is 0 Å². The molecule has 25 heavy (non-hydrogen) atoms. The summed E-state index contributed by atoms with van der Waals surface area (Å²) >= 11 is 5.90. The molecule has 1 aromatic carbocycles. The molecule has 7 heteroatoms. The fraction of sp³-hybridized carbons (Fsp3) is 0.167. The number of carbonyl (C=O) groups is 1. The van der Waals surface area contributed by atoms with Crippen LogP contribution in [0.15, 0.2) is 54.9 Å². The van der Waals surface area contributed by atoms with Gasteiger partial charge >= 0.3 is 0 Å². The fourth-order valence-corrected chi connectivity index (χ4v) is 2.43. The lowest BCUT2D eigenvalue weighted by Gasteiger charge is -2.12. The predicted molar refractivity (Wildman–Crippen MR) is 99.3 cm³/mol. The second-order valence-electron chi connectivity index (χ2n) is 5.75. The van der Waals surface area contributed by atoms with Crippen LogP contribution in [0.5, 0.6) is 0 Å². The lowest BCUT2D eigenvalue weighted by Crippen LogP contribution is -2.17. The third-order valence-corrected chi connectivity index (χ3v) is 3.92. The van der Waals surface area contributed by atoms with Crippen molar-refractivity contribution in [1.29, 1.82) is 0 Å². The second-order valence-corrected chi connectivity index (χ2v) is 6.19. The van der Waals surface area contributed by atoms with Gasteiger partial charge in [0.05, 0.1) is 18.3 Å². The highest BCUT2D eigenvalue weighted by molar-refractivity contribution is 6.30. The third kappa shape index (κ3) is 4.16. The summed E-state index contributed by atoms with van der Waals surface area (Å²) in [5.74, 6) is 1.19. The molecule has 0 aliphatic heterocycles. The molecule has 0 saturated heterocycles. The molecule has 6 nitrogen and oxygen atoms in total. The van der Waals surface area contributed by atoms with Crippen molar-refractivity contribution in [3.05, 3.63) is 71.0 Å². The van der Waals surface area contributed by atoms with Gasteiger partial charge < -0.3 is 10.2 Å². The lowest BCUT2D eigenvalue weighted by molar-refractivity contribution is 0.102. The molecular weight excluding hydrogens is 338 g/mol. The number of nitrogens with zero attached hydrogens (tertiary/aromatic N) is 4. The van der Waals surface area contributed by atoms with Crippen LogP contribution in [0.1, 0.15) is 15.9 Å². The van der Waals surface area contributed by atoms with E-state index in [-0.39, 0.29) is 5.91 Å². The Labute approximate surface area is 151 Å². The zero-order chi connectivity index (χ0) is 17.8. The topological polar surface area (TPSA) is 63.1 Å². The largest absolute Gasteiger partial charge is 0.363 e. The highest BCUT2D eigenvalue weighted by atomic mass is 35.5. The number of anilines is 2. The molecule has 0 aliphatic rings. The zero-order valence-electron chi connectivity index (χ0n) is 14.0. The molecule has 2 heterocycles. The second kappa shape index (κ2) is 7.36. The molecule has 2 aromatic heterocycles. The predicted octanol–water partition coefficient (Wildman–Crippen LogP) is 3.30. The van der Waals surface area contributed by atoms with Gasteiger partial charge in [0.15, 0.2) is 0 Å². The van der Waals surface area contributed by atoms with E-state index < -0.39 is 0 Å². The first-order chi connectivity index (χ1) is 12.0. The van der Waals surface area contributed by atoms with Crippen LogP contribution in [0, 0.1) is 0 Å². The van der Waals surface area contributed by atoms with Crippen LogP contribution in [-0.4, -0.2) is 34.8 Å². The van der Waals surface area contributed by atoms with Crippen molar-refractivity contribution in [2.45, 2.75) is 6.54 Å². The van der Waals surface area contributed by atoms with Gasteiger partial charge in [0.2, 0.25) is 0 Å². The summed E-state index contributed by atoms with van der Waals surface area (Å²) in [6, 6.07) is 12.8. The highest BCUT2D eigenvalue weighted by Gasteiger charge is 2.11. The number of aromatic nitrogens is 3. The van der Waals surface area contributed by atoms with Crippen molar-refractivity contribution < 1.29 is 4.79 Å². The van der Waals surface area contributed by atoms with Crippen LogP contribution < -0.4 is 10.2 Å². The summed E-state index contributed by atoms with van der Waals surface area (Å²) in [5.41, 5.74) is 1.53. The van der Waals surface area contributed by atoms with Gasteiger partial charge in [-0.15, -0.1) is 0 Å². The number of hydrogen-bond acceptors (Lipinski definition) is 4. The Hall–Kier alpha value is -2.86. The number of hydrogen-bond donors (Lipinski definition) is 1. The van der Waals surface area contributed by atoms with E-state index in [1.54, 1.807) is 35.3 Å². The van der Waals surface area contributed by atoms with Gasteiger partial charge in [0.25, 0.3) is 5.91 Å². The number of benzene rings is 1. The summed E-state index contributed by atoms with van der Waals surface area (Å²) < 4.78 is 1.72. The maximum atomic E-state index is 12.4. The van der Waals surface area contributed by atoms with Crippen molar-refractivity contribution in [2.75, 3.05) is 24.3 Å². The van der Waals surface area contributed by atoms with Crippen LogP contribution >= 0.6 is 11.6 Å². The Morgan fingerprint density at radius 1 is 1.16 bits per heavy atom. The van der Waals surface area contributed by atoms with E-state index in [1.807, 2.05) is 43.3 Å². The fourth-order valence-electron chi connectivity index (χ4n) is 2.30. The number of nitrogens with one attached hydrogen (secondary N) is 1. The molecule has 0 saturated carbocycles. The van der Waals surface area contributed by atoms with Gasteiger partial charge in [-0.3, -0.25) is 4.79 Å². The molecule has 1 amide bonds. The van der Waals surface area contributed by atoms with E-state index in [9.17, 15) is 4.79 Å². The van der Waals surface area contributed by atoms with Crippen LogP contribution in [0.4, 0.5) is 11.6 Å². The molecule has 0 spiro atoms. The molecular formula is C18H18ClN5O. The maximum Gasteiger partial charge on any atom is 0.258 e. The van der Waals surface area contributed by atoms with Gasteiger partial charge in [-0.25, -0.2) is 9.67 Å². The summed E-state index contributed by atoms with van der Waals surface area (Å²) in [5, 5.41) is 7.82. The maximum absolute atomic E-state index is 12.4. The first kappa shape index (κ1) is 17.0. The van der Waals surface area contributed by atoms with Crippen LogP contribution in [0.25, 0.3) is 0 Å². The Morgan fingerprint density at radius 2 is 1.92 bits per heavy atom. The molecule has 0 radical (unpaired) electrons. The van der Waals surface area contributed by atoms with E-state index in [4.69, 9.17) is 11.6 Å². The van der Waals surface area contributed by atoms with Gasteiger partial charge in [-0.2, -0.15) is 5.10 Å². The first-order valence-electron chi connectivity index (χ1n) is 7.74. The molecule has 3 rings (SSSR count). The molecule has 0 unspecified atom stereocenters. The Kier molecular flexibility index (Phi) is 5.00. The SMILES string of the molecule is CN(C)c1ccc(C(=O)Nc2ccnn2Cc2ccc(Cl)cc2)cn1. The minimum absolute atomic E-state index is 0.226. The number of amides is 1. The number of rotatable bonds is 5. The molecule has 1 N–H and O–H groups in total. The minimum Gasteiger partial charge on any atom is -0.363 e. The van der Waals surface area contributed by atoms with Gasteiger partial charge in [0, 0.05) is 31.4 Å². The monoisotopic (exact) mass is 355 g/mol. The summed E-state index contributed by atoms with van der Waals surface area (Å²) in [7, 11) is 3.80. The summed E-state index contributed by atoms with van der Waals surface area (Å²) in [4.78, 5) is 18.6. The van der Waals surface area contributed by atoms with Crippen LogP contribution in [0.2, 0.25) is 5.02 Å².